The van der Waals surface area contributed by atoms with Crippen LogP contribution in [-0.4, -0.2) is 27.6 Å². The van der Waals surface area contributed by atoms with Gasteiger partial charge >= 0.3 is 5.97 Å². The molecule has 0 fully saturated rings. The molecule has 1 unspecified atom stereocenters. The number of rotatable bonds is 5. The molecule has 35 heavy (non-hydrogen) atoms. The molecule has 8 nitrogen and oxygen atoms in total. The fraction of sp³-hybridized carbons (Fsp3) is 0.259. The molecule has 8 heteroatoms. The van der Waals surface area contributed by atoms with Gasteiger partial charge in [-0.15, -0.1) is 0 Å². The number of benzene rings is 2. The predicted molar refractivity (Wildman–Crippen MR) is 136 cm³/mol. The van der Waals surface area contributed by atoms with Gasteiger partial charge in [0.15, 0.2) is 0 Å². The SMILES string of the molecule is COC(=O)c1ccccc1NC(C)c1cc(C)cc2c(=O)n(C)c(N3Cc4cccnc4C3)nc12. The molecule has 5 rings (SSSR count). The van der Waals surface area contributed by atoms with E-state index in [0.717, 1.165) is 22.4 Å². The van der Waals surface area contributed by atoms with Gasteiger partial charge in [-0.25, -0.2) is 9.78 Å². The standard InChI is InChI=1S/C27H27N5O3/c1-16-12-20(17(2)29-22-10-6-5-9-19(22)26(34)35-4)24-21(13-16)25(33)31(3)27(30-24)32-14-18-8-7-11-28-23(18)15-32/h5-13,17,29H,14-15H2,1-4H3. The lowest BCUT2D eigenvalue weighted by Gasteiger charge is -2.23. The number of nitrogens with zero attached hydrogens (tertiary/aromatic N) is 4. The Morgan fingerprint density at radius 3 is 2.71 bits per heavy atom. The maximum atomic E-state index is 13.4. The van der Waals surface area contributed by atoms with E-state index in [1.54, 1.807) is 29.9 Å². The molecule has 0 spiro atoms. The number of carbonyl (C=O) groups is 1. The molecule has 0 radical (unpaired) electrons. The highest BCUT2D eigenvalue weighted by atomic mass is 16.5. The second kappa shape index (κ2) is 8.87. The van der Waals surface area contributed by atoms with Crippen molar-refractivity contribution in [3.8, 4) is 0 Å². The molecule has 0 saturated heterocycles. The summed E-state index contributed by atoms with van der Waals surface area (Å²) in [4.78, 5) is 37.3. The fourth-order valence-corrected chi connectivity index (χ4v) is 4.70. The van der Waals surface area contributed by atoms with Crippen LogP contribution >= 0.6 is 0 Å². The van der Waals surface area contributed by atoms with Crippen molar-refractivity contribution in [2.45, 2.75) is 33.0 Å². The number of nitrogens with one attached hydrogen (secondary N) is 1. The van der Waals surface area contributed by atoms with Crippen LogP contribution in [0.4, 0.5) is 11.6 Å². The van der Waals surface area contributed by atoms with Crippen LogP contribution in [0, 0.1) is 6.92 Å². The number of hydrogen-bond acceptors (Lipinski definition) is 7. The van der Waals surface area contributed by atoms with E-state index in [0.29, 0.717) is 41.2 Å². The van der Waals surface area contributed by atoms with Gasteiger partial charge in [0.25, 0.3) is 5.56 Å². The monoisotopic (exact) mass is 469 g/mol. The van der Waals surface area contributed by atoms with E-state index in [-0.39, 0.29) is 11.6 Å². The zero-order valence-electron chi connectivity index (χ0n) is 20.2. The lowest BCUT2D eigenvalue weighted by atomic mass is 10.0. The third-order valence-electron chi connectivity index (χ3n) is 6.47. The Balaban J connectivity index is 1.59. The van der Waals surface area contributed by atoms with Gasteiger partial charge in [-0.05, 0) is 49.2 Å². The highest BCUT2D eigenvalue weighted by molar-refractivity contribution is 5.95. The van der Waals surface area contributed by atoms with Gasteiger partial charge in [-0.1, -0.05) is 24.3 Å². The zero-order chi connectivity index (χ0) is 24.7. The van der Waals surface area contributed by atoms with Crippen molar-refractivity contribution in [3.63, 3.8) is 0 Å². The lowest BCUT2D eigenvalue weighted by molar-refractivity contribution is 0.0602. The Bertz CT molecular complexity index is 1490. The van der Waals surface area contributed by atoms with E-state index in [2.05, 4.69) is 21.3 Å². The van der Waals surface area contributed by atoms with Gasteiger partial charge in [-0.2, -0.15) is 0 Å². The van der Waals surface area contributed by atoms with E-state index >= 15 is 0 Å². The first-order valence-electron chi connectivity index (χ1n) is 11.5. The van der Waals surface area contributed by atoms with Gasteiger partial charge in [0, 0.05) is 31.0 Å². The molecule has 1 atom stereocenters. The van der Waals surface area contributed by atoms with Crippen LogP contribution < -0.4 is 15.8 Å². The number of esters is 1. The van der Waals surface area contributed by atoms with Crippen molar-refractivity contribution in [1.82, 2.24) is 14.5 Å². The predicted octanol–water partition coefficient (Wildman–Crippen LogP) is 4.12. The minimum atomic E-state index is -0.411. The number of anilines is 2. The summed E-state index contributed by atoms with van der Waals surface area (Å²) < 4.78 is 6.55. The van der Waals surface area contributed by atoms with Crippen LogP contribution in [-0.2, 0) is 24.9 Å². The van der Waals surface area contributed by atoms with Gasteiger partial charge in [-0.3, -0.25) is 14.3 Å². The van der Waals surface area contributed by atoms with Crippen LogP contribution in [0.5, 0.6) is 0 Å². The van der Waals surface area contributed by atoms with Gasteiger partial charge in [0.2, 0.25) is 5.95 Å². The molecule has 178 valence electrons. The topological polar surface area (TPSA) is 89.4 Å². The van der Waals surface area contributed by atoms with E-state index in [4.69, 9.17) is 9.72 Å². The van der Waals surface area contributed by atoms with Crippen LogP contribution in [0.1, 0.15) is 45.7 Å². The number of aromatic nitrogens is 3. The largest absolute Gasteiger partial charge is 0.465 e. The van der Waals surface area contributed by atoms with Crippen molar-refractivity contribution < 1.29 is 9.53 Å². The number of aryl methyl sites for hydroxylation is 1. The second-order valence-corrected chi connectivity index (χ2v) is 8.89. The summed E-state index contributed by atoms with van der Waals surface area (Å²) in [5.41, 5.74) is 5.65. The summed E-state index contributed by atoms with van der Waals surface area (Å²) in [5, 5.41) is 3.99. The normalized spacial score (nSPS) is 13.5. The Morgan fingerprint density at radius 1 is 1.14 bits per heavy atom. The Labute approximate surface area is 203 Å². The van der Waals surface area contributed by atoms with Crippen LogP contribution in [0.3, 0.4) is 0 Å². The first-order valence-corrected chi connectivity index (χ1v) is 11.5. The van der Waals surface area contributed by atoms with E-state index < -0.39 is 5.97 Å². The Hall–Kier alpha value is -4.20. The molecule has 2 aromatic heterocycles. The minimum Gasteiger partial charge on any atom is -0.465 e. The van der Waals surface area contributed by atoms with Crippen LogP contribution in [0.25, 0.3) is 10.9 Å². The van der Waals surface area contributed by atoms with Crippen molar-refractivity contribution in [2.24, 2.45) is 7.05 Å². The molecule has 1 aliphatic rings. The van der Waals surface area contributed by atoms with Crippen molar-refractivity contribution in [3.05, 3.63) is 93.0 Å². The molecule has 4 aromatic rings. The summed E-state index contributed by atoms with van der Waals surface area (Å²) in [7, 11) is 3.13. The number of carbonyl (C=O) groups excluding carboxylic acids is 1. The summed E-state index contributed by atoms with van der Waals surface area (Å²) in [6.07, 6.45) is 1.79. The molecular formula is C27H27N5O3. The third-order valence-corrected chi connectivity index (χ3v) is 6.47. The summed E-state index contributed by atoms with van der Waals surface area (Å²) >= 11 is 0. The van der Waals surface area contributed by atoms with Crippen molar-refractivity contribution >= 4 is 28.5 Å². The van der Waals surface area contributed by atoms with Gasteiger partial charge < -0.3 is 15.0 Å². The maximum Gasteiger partial charge on any atom is 0.339 e. The number of pyridine rings is 1. The first kappa shape index (κ1) is 22.6. The lowest BCUT2D eigenvalue weighted by Crippen LogP contribution is -2.28. The Morgan fingerprint density at radius 2 is 1.94 bits per heavy atom. The van der Waals surface area contributed by atoms with Crippen molar-refractivity contribution in [2.75, 3.05) is 17.3 Å². The molecule has 1 aliphatic heterocycles. The van der Waals surface area contributed by atoms with Gasteiger partial charge in [0.05, 0.1) is 41.9 Å². The molecule has 0 bridgehead atoms. The summed E-state index contributed by atoms with van der Waals surface area (Å²) in [5.74, 6) is 0.193. The number of fused-ring (bicyclic) bond motifs is 2. The minimum absolute atomic E-state index is 0.0963. The summed E-state index contributed by atoms with van der Waals surface area (Å²) in [6.45, 7) is 5.21. The maximum absolute atomic E-state index is 13.4. The molecule has 0 aliphatic carbocycles. The van der Waals surface area contributed by atoms with E-state index in [1.807, 2.05) is 44.2 Å². The highest BCUT2D eigenvalue weighted by Crippen LogP contribution is 2.31. The van der Waals surface area contributed by atoms with E-state index in [9.17, 15) is 9.59 Å². The Kier molecular flexibility index (Phi) is 5.72. The first-order chi connectivity index (χ1) is 16.9. The highest BCUT2D eigenvalue weighted by Gasteiger charge is 2.25. The van der Waals surface area contributed by atoms with Crippen LogP contribution in [0.15, 0.2) is 59.5 Å². The van der Waals surface area contributed by atoms with Gasteiger partial charge in [0.1, 0.15) is 0 Å². The quantitative estimate of drug-likeness (QED) is 0.440. The number of hydrogen-bond donors (Lipinski definition) is 1. The second-order valence-electron chi connectivity index (χ2n) is 8.89. The molecule has 0 amide bonds. The molecule has 1 N–H and O–H groups in total. The number of methoxy groups -OCH3 is 1. The summed E-state index contributed by atoms with van der Waals surface area (Å²) in [6, 6.07) is 14.9. The third kappa shape index (κ3) is 4.01. The number of para-hydroxylation sites is 1. The molecule has 2 aromatic carbocycles. The number of ether oxygens (including phenoxy) is 1. The zero-order valence-corrected chi connectivity index (χ0v) is 20.2. The fourth-order valence-electron chi connectivity index (χ4n) is 4.70. The molecular weight excluding hydrogens is 442 g/mol. The smallest absolute Gasteiger partial charge is 0.339 e. The average Bonchev–Trinajstić information content (AvgIpc) is 3.30. The van der Waals surface area contributed by atoms with E-state index in [1.165, 1.54) is 7.11 Å². The molecule has 0 saturated carbocycles. The molecule has 3 heterocycles. The van der Waals surface area contributed by atoms with Crippen molar-refractivity contribution in [1.29, 1.82) is 0 Å². The average molecular weight is 470 g/mol. The van der Waals surface area contributed by atoms with Crippen LogP contribution in [0.2, 0.25) is 0 Å².